The van der Waals surface area contributed by atoms with E-state index in [2.05, 4.69) is 169 Å². The normalized spacial score (nSPS) is 20.7. The van der Waals surface area contributed by atoms with Gasteiger partial charge in [-0.05, 0) is 129 Å². The molecule has 3 unspecified atom stereocenters. The standard InChI is InChI=1S/C50H44N2/c1-2-35-21-24-50(52-34-35)33-43-14-7-9-18-47(43)48-32-40(19-20-49(48)50)39-15-10-16-42(30-39)46-17-8-6-13-41(46)27-36-28-44(37-11-4-3-5-12-37)31-45(29-36)38-22-25-51-26-23-38/h2-20,22-23,25-26,29-32,35,44,52H,1,21,24,27-28,33-34H2. The molecule has 1 fully saturated rings. The number of pyridine rings is 1. The molecule has 3 aliphatic rings. The lowest BCUT2D eigenvalue weighted by Crippen LogP contribution is -2.51. The fourth-order valence-electron chi connectivity index (χ4n) is 8.97. The maximum atomic E-state index is 4.28. The molecule has 5 aromatic carbocycles. The highest BCUT2D eigenvalue weighted by atomic mass is 15.0. The Kier molecular flexibility index (Phi) is 8.62. The zero-order valence-corrected chi connectivity index (χ0v) is 29.6. The molecule has 1 N–H and O–H groups in total. The van der Waals surface area contributed by atoms with E-state index in [1.807, 2.05) is 12.4 Å². The van der Waals surface area contributed by atoms with Crippen LogP contribution in [0.25, 0.3) is 39.0 Å². The largest absolute Gasteiger partial charge is 0.306 e. The molecule has 2 heteroatoms. The summed E-state index contributed by atoms with van der Waals surface area (Å²) in [5.41, 5.74) is 17.3. The van der Waals surface area contributed by atoms with E-state index in [1.165, 1.54) is 78.8 Å². The molecule has 1 saturated heterocycles. The molecule has 1 aliphatic heterocycles. The molecule has 6 aromatic rings. The van der Waals surface area contributed by atoms with Crippen LogP contribution in [0.1, 0.15) is 53.0 Å². The highest BCUT2D eigenvalue weighted by molar-refractivity contribution is 5.82. The third-order valence-corrected chi connectivity index (χ3v) is 11.7. The highest BCUT2D eigenvalue weighted by Gasteiger charge is 2.41. The first kappa shape index (κ1) is 32.3. The van der Waals surface area contributed by atoms with Gasteiger partial charge in [0, 0.05) is 30.4 Å². The van der Waals surface area contributed by atoms with Gasteiger partial charge in [-0.3, -0.25) is 4.98 Å². The van der Waals surface area contributed by atoms with Crippen molar-refractivity contribution in [2.75, 3.05) is 6.54 Å². The fourth-order valence-corrected chi connectivity index (χ4v) is 8.97. The van der Waals surface area contributed by atoms with Gasteiger partial charge in [-0.15, -0.1) is 6.58 Å². The highest BCUT2D eigenvalue weighted by Crippen LogP contribution is 2.47. The number of hydrogen-bond donors (Lipinski definition) is 1. The number of nitrogens with one attached hydrogen (secondary N) is 1. The number of aromatic nitrogens is 1. The Hall–Kier alpha value is -5.57. The van der Waals surface area contributed by atoms with Gasteiger partial charge in [-0.2, -0.15) is 0 Å². The molecule has 9 rings (SSSR count). The predicted molar refractivity (Wildman–Crippen MR) is 217 cm³/mol. The minimum Gasteiger partial charge on any atom is -0.306 e. The Bertz CT molecular complexity index is 2300. The Morgan fingerprint density at radius 3 is 2.31 bits per heavy atom. The van der Waals surface area contributed by atoms with Gasteiger partial charge in [0.25, 0.3) is 0 Å². The van der Waals surface area contributed by atoms with E-state index < -0.39 is 0 Å². The van der Waals surface area contributed by atoms with Gasteiger partial charge in [-0.25, -0.2) is 0 Å². The van der Waals surface area contributed by atoms with Crippen LogP contribution in [0, 0.1) is 5.92 Å². The van der Waals surface area contributed by atoms with Gasteiger partial charge in [0.15, 0.2) is 0 Å². The minimum absolute atomic E-state index is 0.0255. The van der Waals surface area contributed by atoms with Gasteiger partial charge in [-0.1, -0.05) is 133 Å². The van der Waals surface area contributed by atoms with Crippen molar-refractivity contribution in [3.63, 3.8) is 0 Å². The molecular formula is C50H44N2. The third-order valence-electron chi connectivity index (χ3n) is 11.7. The molecule has 2 heterocycles. The number of benzene rings is 5. The number of allylic oxidation sites excluding steroid dienone is 4. The number of piperidine rings is 1. The van der Waals surface area contributed by atoms with Crippen molar-refractivity contribution in [2.24, 2.45) is 5.92 Å². The Morgan fingerprint density at radius 2 is 1.48 bits per heavy atom. The summed E-state index contributed by atoms with van der Waals surface area (Å²) in [6.07, 6.45) is 16.0. The van der Waals surface area contributed by atoms with E-state index in [0.29, 0.717) is 11.8 Å². The molecule has 2 nitrogen and oxygen atoms in total. The second-order valence-corrected chi connectivity index (χ2v) is 14.9. The summed E-state index contributed by atoms with van der Waals surface area (Å²) in [7, 11) is 0. The van der Waals surface area contributed by atoms with Crippen LogP contribution in [-0.4, -0.2) is 11.5 Å². The van der Waals surface area contributed by atoms with E-state index in [9.17, 15) is 0 Å². The van der Waals surface area contributed by atoms with E-state index in [-0.39, 0.29) is 5.54 Å². The van der Waals surface area contributed by atoms with Crippen LogP contribution in [0.2, 0.25) is 0 Å². The lowest BCUT2D eigenvalue weighted by atomic mass is 9.68. The fraction of sp³-hybridized carbons (Fsp3) is 0.180. The maximum Gasteiger partial charge on any atom is 0.0482 e. The summed E-state index contributed by atoms with van der Waals surface area (Å²) >= 11 is 0. The van der Waals surface area contributed by atoms with Crippen LogP contribution in [0.4, 0.5) is 0 Å². The van der Waals surface area contributed by atoms with E-state index >= 15 is 0 Å². The SMILES string of the molecule is C=CC1CCC2(Cc3ccccc3-c3cc(-c4cccc(-c5ccccc5CC5=CC(c6ccncc6)=CC(c6ccccc6)C5)c4)ccc32)NC1. The molecule has 1 aromatic heterocycles. The van der Waals surface area contributed by atoms with Crippen LogP contribution in [-0.2, 0) is 18.4 Å². The summed E-state index contributed by atoms with van der Waals surface area (Å²) in [5, 5.41) is 4.00. The second-order valence-electron chi connectivity index (χ2n) is 14.9. The van der Waals surface area contributed by atoms with E-state index in [0.717, 1.165) is 32.2 Å². The molecule has 52 heavy (non-hydrogen) atoms. The van der Waals surface area contributed by atoms with Gasteiger partial charge in [0.2, 0.25) is 0 Å². The van der Waals surface area contributed by atoms with Crippen molar-refractivity contribution in [3.8, 4) is 33.4 Å². The van der Waals surface area contributed by atoms with Crippen molar-refractivity contribution in [1.29, 1.82) is 0 Å². The number of hydrogen-bond acceptors (Lipinski definition) is 2. The smallest absolute Gasteiger partial charge is 0.0482 e. The number of fused-ring (bicyclic) bond motifs is 4. The molecular weight excluding hydrogens is 629 g/mol. The summed E-state index contributed by atoms with van der Waals surface area (Å²) in [5.74, 6) is 0.871. The average molecular weight is 673 g/mol. The first-order chi connectivity index (χ1) is 25.7. The van der Waals surface area contributed by atoms with Gasteiger partial charge >= 0.3 is 0 Å². The van der Waals surface area contributed by atoms with Crippen molar-refractivity contribution >= 4 is 5.57 Å². The van der Waals surface area contributed by atoms with Crippen molar-refractivity contribution in [1.82, 2.24) is 10.3 Å². The Labute approximate surface area is 308 Å². The maximum absolute atomic E-state index is 4.28. The lowest BCUT2D eigenvalue weighted by Gasteiger charge is -2.45. The van der Waals surface area contributed by atoms with Crippen LogP contribution < -0.4 is 5.32 Å². The first-order valence-corrected chi connectivity index (χ1v) is 18.8. The van der Waals surface area contributed by atoms with Crippen LogP contribution in [0.5, 0.6) is 0 Å². The molecule has 0 saturated carbocycles. The monoisotopic (exact) mass is 672 g/mol. The van der Waals surface area contributed by atoms with Gasteiger partial charge < -0.3 is 5.32 Å². The van der Waals surface area contributed by atoms with Gasteiger partial charge in [0.05, 0.1) is 0 Å². The average Bonchev–Trinajstić information content (AvgIpc) is 3.22. The van der Waals surface area contributed by atoms with E-state index in [4.69, 9.17) is 0 Å². The van der Waals surface area contributed by atoms with Crippen molar-refractivity contribution < 1.29 is 0 Å². The lowest BCUT2D eigenvalue weighted by molar-refractivity contribution is 0.224. The van der Waals surface area contributed by atoms with Crippen LogP contribution >= 0.6 is 0 Å². The summed E-state index contributed by atoms with van der Waals surface area (Å²) in [6, 6.07) is 49.5. The summed E-state index contributed by atoms with van der Waals surface area (Å²) < 4.78 is 0. The summed E-state index contributed by atoms with van der Waals surface area (Å²) in [4.78, 5) is 4.28. The topological polar surface area (TPSA) is 24.9 Å². The van der Waals surface area contributed by atoms with E-state index in [1.54, 1.807) is 0 Å². The van der Waals surface area contributed by atoms with Gasteiger partial charge in [0.1, 0.15) is 0 Å². The molecule has 2 aliphatic carbocycles. The zero-order valence-electron chi connectivity index (χ0n) is 29.6. The third kappa shape index (κ3) is 6.18. The number of nitrogens with zero attached hydrogens (tertiary/aromatic N) is 1. The second kappa shape index (κ2) is 13.9. The molecule has 0 bridgehead atoms. The Balaban J connectivity index is 1.05. The van der Waals surface area contributed by atoms with Crippen molar-refractivity contribution in [3.05, 3.63) is 204 Å². The zero-order chi connectivity index (χ0) is 34.9. The van der Waals surface area contributed by atoms with Crippen LogP contribution in [0.3, 0.4) is 0 Å². The Morgan fingerprint density at radius 1 is 0.712 bits per heavy atom. The molecule has 0 amide bonds. The van der Waals surface area contributed by atoms with Crippen LogP contribution in [0.15, 0.2) is 176 Å². The molecule has 254 valence electrons. The molecule has 0 radical (unpaired) electrons. The first-order valence-electron chi connectivity index (χ1n) is 18.8. The van der Waals surface area contributed by atoms with Crippen molar-refractivity contribution in [2.45, 2.75) is 43.6 Å². The quantitative estimate of drug-likeness (QED) is 0.171. The summed E-state index contributed by atoms with van der Waals surface area (Å²) in [6.45, 7) is 5.07. The number of rotatable bonds is 7. The molecule has 3 atom stereocenters. The minimum atomic E-state index is -0.0255. The molecule has 1 spiro atoms. The predicted octanol–water partition coefficient (Wildman–Crippen LogP) is 11.8.